The largest absolute Gasteiger partial charge is 0.396 e. The van der Waals surface area contributed by atoms with Gasteiger partial charge in [0, 0.05) is 38.3 Å². The van der Waals surface area contributed by atoms with Crippen molar-refractivity contribution in [1.82, 2.24) is 10.2 Å². The summed E-state index contributed by atoms with van der Waals surface area (Å²) in [7, 11) is 0. The first-order chi connectivity index (χ1) is 5.72. The second-order valence-corrected chi connectivity index (χ2v) is 3.81. The van der Waals surface area contributed by atoms with Crippen LogP contribution in [0.2, 0.25) is 0 Å². The molecule has 3 nitrogen and oxygen atoms in total. The van der Waals surface area contributed by atoms with Crippen LogP contribution in [0.25, 0.3) is 0 Å². The zero-order chi connectivity index (χ0) is 8.97. The monoisotopic (exact) mass is 244 g/mol. The molecule has 0 aromatic rings. The molecule has 1 fully saturated rings. The topological polar surface area (TPSA) is 35.5 Å². The van der Waals surface area contributed by atoms with Crippen molar-refractivity contribution in [3.63, 3.8) is 0 Å². The highest BCUT2D eigenvalue weighted by molar-refractivity contribution is 5.85. The molecular weight excluding hydrogens is 223 g/mol. The quantitative estimate of drug-likeness (QED) is 0.775. The predicted molar refractivity (Wildman–Crippen MR) is 64.7 cm³/mol. The number of rotatable bonds is 3. The molecule has 0 amide bonds. The molecule has 0 spiro atoms. The molecule has 1 saturated heterocycles. The number of piperazine rings is 1. The summed E-state index contributed by atoms with van der Waals surface area (Å²) in [5.74, 6) is 0. The first-order valence-electron chi connectivity index (χ1n) is 4.81. The average Bonchev–Trinajstić information content (AvgIpc) is 1.99. The summed E-state index contributed by atoms with van der Waals surface area (Å²) in [5.41, 5.74) is 0. The van der Waals surface area contributed by atoms with Crippen LogP contribution < -0.4 is 5.32 Å². The van der Waals surface area contributed by atoms with Crippen LogP contribution in [0.1, 0.15) is 20.3 Å². The third-order valence-electron chi connectivity index (χ3n) is 2.27. The first-order valence-corrected chi connectivity index (χ1v) is 4.81. The van der Waals surface area contributed by atoms with Crippen LogP contribution in [-0.2, 0) is 0 Å². The normalized spacial score (nSPS) is 27.6. The number of nitrogens with one attached hydrogen (secondary N) is 1. The lowest BCUT2D eigenvalue weighted by atomic mass is 10.1. The van der Waals surface area contributed by atoms with Gasteiger partial charge in [-0.3, -0.25) is 0 Å². The van der Waals surface area contributed by atoms with E-state index >= 15 is 0 Å². The molecule has 2 atom stereocenters. The fraction of sp³-hybridized carbons (Fsp3) is 1.00. The van der Waals surface area contributed by atoms with Gasteiger partial charge < -0.3 is 15.3 Å². The lowest BCUT2D eigenvalue weighted by molar-refractivity contribution is 0.158. The summed E-state index contributed by atoms with van der Waals surface area (Å²) < 4.78 is 0. The third-order valence-corrected chi connectivity index (χ3v) is 2.27. The Bertz CT molecular complexity index is 128. The number of halogens is 2. The fourth-order valence-corrected chi connectivity index (χ4v) is 1.92. The van der Waals surface area contributed by atoms with Crippen molar-refractivity contribution in [2.75, 3.05) is 26.2 Å². The van der Waals surface area contributed by atoms with E-state index in [-0.39, 0.29) is 24.8 Å². The molecule has 88 valence electrons. The van der Waals surface area contributed by atoms with E-state index in [9.17, 15) is 0 Å². The highest BCUT2D eigenvalue weighted by atomic mass is 35.5. The number of hydrogen-bond donors (Lipinski definition) is 2. The summed E-state index contributed by atoms with van der Waals surface area (Å²) in [6.07, 6.45) is 0.902. The molecule has 1 aliphatic rings. The maximum absolute atomic E-state index is 8.69. The molecule has 0 saturated carbocycles. The maximum atomic E-state index is 8.69. The lowest BCUT2D eigenvalue weighted by Crippen LogP contribution is -2.54. The molecule has 1 heterocycles. The second kappa shape index (κ2) is 8.74. The summed E-state index contributed by atoms with van der Waals surface area (Å²) in [4.78, 5) is 2.42. The van der Waals surface area contributed by atoms with Gasteiger partial charge in [0.1, 0.15) is 0 Å². The number of hydrogen-bond acceptors (Lipinski definition) is 3. The Morgan fingerprint density at radius 3 is 2.14 bits per heavy atom. The van der Waals surface area contributed by atoms with Gasteiger partial charge in [-0.25, -0.2) is 0 Å². The van der Waals surface area contributed by atoms with Crippen molar-refractivity contribution in [2.45, 2.75) is 32.4 Å². The minimum absolute atomic E-state index is 0. The van der Waals surface area contributed by atoms with E-state index in [0.29, 0.717) is 18.7 Å². The van der Waals surface area contributed by atoms with Gasteiger partial charge in [0.2, 0.25) is 0 Å². The summed E-state index contributed by atoms with van der Waals surface area (Å²) in [6, 6.07) is 1.18. The molecule has 0 unspecified atom stereocenters. The Kier molecular flexibility index (Phi) is 10.5. The number of aliphatic hydroxyl groups excluding tert-OH is 1. The van der Waals surface area contributed by atoms with Crippen LogP contribution in [-0.4, -0.2) is 48.3 Å². The van der Waals surface area contributed by atoms with Gasteiger partial charge in [-0.05, 0) is 20.3 Å². The van der Waals surface area contributed by atoms with Gasteiger partial charge in [-0.2, -0.15) is 0 Å². The SMILES string of the molecule is C[C@@H]1CN(CCCO)C[C@H](C)N1.Cl.Cl. The predicted octanol–water partition coefficient (Wildman–Crippen LogP) is 0.895. The number of nitrogens with zero attached hydrogens (tertiary/aromatic N) is 1. The van der Waals surface area contributed by atoms with Crippen molar-refractivity contribution in [3.05, 3.63) is 0 Å². The van der Waals surface area contributed by atoms with E-state index in [1.165, 1.54) is 0 Å². The zero-order valence-corrected chi connectivity index (χ0v) is 10.5. The van der Waals surface area contributed by atoms with E-state index in [1.807, 2.05) is 0 Å². The first kappa shape index (κ1) is 16.9. The van der Waals surface area contributed by atoms with Crippen molar-refractivity contribution in [2.24, 2.45) is 0 Å². The van der Waals surface area contributed by atoms with Gasteiger partial charge in [0.05, 0.1) is 0 Å². The van der Waals surface area contributed by atoms with E-state index in [0.717, 1.165) is 26.1 Å². The van der Waals surface area contributed by atoms with Crippen LogP contribution in [0.15, 0.2) is 0 Å². The van der Waals surface area contributed by atoms with E-state index in [4.69, 9.17) is 5.11 Å². The molecule has 0 aromatic carbocycles. The average molecular weight is 245 g/mol. The molecule has 0 aliphatic carbocycles. The highest BCUT2D eigenvalue weighted by Crippen LogP contribution is 2.03. The standard InChI is InChI=1S/C9H20N2O.2ClH/c1-8-6-11(4-3-5-12)7-9(2)10-8;;/h8-10,12H,3-7H2,1-2H3;2*1H/t8-,9+;;. The van der Waals surface area contributed by atoms with Gasteiger partial charge in [0.25, 0.3) is 0 Å². The Hall–Kier alpha value is 0.460. The molecule has 14 heavy (non-hydrogen) atoms. The van der Waals surface area contributed by atoms with Crippen molar-refractivity contribution in [1.29, 1.82) is 0 Å². The highest BCUT2D eigenvalue weighted by Gasteiger charge is 2.19. The number of aliphatic hydroxyl groups is 1. The lowest BCUT2D eigenvalue weighted by Gasteiger charge is -2.36. The van der Waals surface area contributed by atoms with Crippen LogP contribution in [0.3, 0.4) is 0 Å². The van der Waals surface area contributed by atoms with Gasteiger partial charge in [-0.1, -0.05) is 0 Å². The summed E-state index contributed by atoms with van der Waals surface area (Å²) in [6.45, 7) is 8.00. The molecule has 0 radical (unpaired) electrons. The molecule has 0 aromatic heterocycles. The van der Waals surface area contributed by atoms with E-state index in [2.05, 4.69) is 24.1 Å². The van der Waals surface area contributed by atoms with Crippen LogP contribution in [0, 0.1) is 0 Å². The van der Waals surface area contributed by atoms with E-state index < -0.39 is 0 Å². The van der Waals surface area contributed by atoms with Crippen molar-refractivity contribution < 1.29 is 5.11 Å². The van der Waals surface area contributed by atoms with Gasteiger partial charge in [-0.15, -0.1) is 24.8 Å². The molecule has 5 heteroatoms. The molecule has 2 N–H and O–H groups in total. The van der Waals surface area contributed by atoms with E-state index in [1.54, 1.807) is 0 Å². The Morgan fingerprint density at radius 2 is 1.71 bits per heavy atom. The second-order valence-electron chi connectivity index (χ2n) is 3.81. The minimum Gasteiger partial charge on any atom is -0.396 e. The third kappa shape index (κ3) is 6.04. The zero-order valence-electron chi connectivity index (χ0n) is 8.90. The molecule has 0 bridgehead atoms. The molecule has 1 aliphatic heterocycles. The Labute approximate surface area is 99.1 Å². The summed E-state index contributed by atoms with van der Waals surface area (Å²) >= 11 is 0. The smallest absolute Gasteiger partial charge is 0.0443 e. The van der Waals surface area contributed by atoms with Crippen LogP contribution in [0.4, 0.5) is 0 Å². The van der Waals surface area contributed by atoms with Crippen LogP contribution >= 0.6 is 24.8 Å². The Balaban J connectivity index is 0. The van der Waals surface area contributed by atoms with Crippen molar-refractivity contribution >= 4 is 24.8 Å². The van der Waals surface area contributed by atoms with Crippen LogP contribution in [0.5, 0.6) is 0 Å². The fourth-order valence-electron chi connectivity index (χ4n) is 1.92. The molecular formula is C9H22Cl2N2O. The Morgan fingerprint density at radius 1 is 1.21 bits per heavy atom. The molecule has 1 rings (SSSR count). The van der Waals surface area contributed by atoms with Gasteiger partial charge in [0.15, 0.2) is 0 Å². The maximum Gasteiger partial charge on any atom is 0.0443 e. The van der Waals surface area contributed by atoms with Gasteiger partial charge >= 0.3 is 0 Å². The van der Waals surface area contributed by atoms with Crippen molar-refractivity contribution in [3.8, 4) is 0 Å². The summed E-state index contributed by atoms with van der Waals surface area (Å²) in [5, 5.41) is 12.2. The minimum atomic E-state index is 0.